The molecule has 3 nitrogen and oxygen atoms in total. The summed E-state index contributed by atoms with van der Waals surface area (Å²) in [7, 11) is 0. The number of halogens is 1. The highest BCUT2D eigenvalue weighted by atomic mass is 35.5. The van der Waals surface area contributed by atoms with Gasteiger partial charge in [0.15, 0.2) is 0 Å². The molecule has 1 atom stereocenters. The van der Waals surface area contributed by atoms with Crippen LogP contribution in [0.4, 0.5) is 5.69 Å². The Morgan fingerprint density at radius 3 is 2.95 bits per heavy atom. The number of hydrogen-bond donors (Lipinski definition) is 2. The van der Waals surface area contributed by atoms with E-state index in [9.17, 15) is 4.79 Å². The molecule has 2 rings (SSSR count). The second-order valence-corrected chi connectivity index (χ2v) is 7.39. The van der Waals surface area contributed by atoms with Gasteiger partial charge in [-0.15, -0.1) is 11.8 Å². The Morgan fingerprint density at radius 2 is 2.30 bits per heavy atom. The van der Waals surface area contributed by atoms with Crippen molar-refractivity contribution in [1.82, 2.24) is 5.32 Å². The number of hydrogen-bond acceptors (Lipinski definition) is 3. The van der Waals surface area contributed by atoms with E-state index in [4.69, 9.17) is 11.6 Å². The number of rotatable bonds is 4. The third-order valence-corrected chi connectivity index (χ3v) is 4.55. The van der Waals surface area contributed by atoms with Crippen LogP contribution in [0.25, 0.3) is 0 Å². The van der Waals surface area contributed by atoms with Crippen LogP contribution in [0.5, 0.6) is 0 Å². The summed E-state index contributed by atoms with van der Waals surface area (Å²) in [6.07, 6.45) is 2.01. The predicted molar refractivity (Wildman–Crippen MR) is 86.7 cm³/mol. The lowest BCUT2D eigenvalue weighted by Crippen LogP contribution is -2.37. The number of thioether (sulfide) groups is 1. The Balaban J connectivity index is 2.10. The summed E-state index contributed by atoms with van der Waals surface area (Å²) < 4.78 is 0. The monoisotopic (exact) mass is 312 g/mol. The first-order valence-electron chi connectivity index (χ1n) is 7.04. The van der Waals surface area contributed by atoms with Gasteiger partial charge in [0.1, 0.15) is 0 Å². The van der Waals surface area contributed by atoms with Gasteiger partial charge in [-0.3, -0.25) is 4.79 Å². The normalized spacial score (nSPS) is 19.1. The van der Waals surface area contributed by atoms with E-state index in [1.54, 1.807) is 11.8 Å². The molecule has 1 heterocycles. The number of carbonyl (C=O) groups excluding carboxylic acids is 1. The zero-order valence-electron chi connectivity index (χ0n) is 11.9. The van der Waals surface area contributed by atoms with Crippen LogP contribution in [0, 0.1) is 5.92 Å². The van der Waals surface area contributed by atoms with Crippen LogP contribution in [0.15, 0.2) is 23.1 Å². The maximum atomic E-state index is 12.3. The van der Waals surface area contributed by atoms with Gasteiger partial charge in [0.05, 0.1) is 11.6 Å². The van der Waals surface area contributed by atoms with Gasteiger partial charge in [0, 0.05) is 21.7 Å². The minimum atomic E-state index is 0.0552. The van der Waals surface area contributed by atoms with Gasteiger partial charge < -0.3 is 10.6 Å². The third-order valence-electron chi connectivity index (χ3n) is 3.23. The first kappa shape index (κ1) is 15.7. The molecule has 20 heavy (non-hydrogen) atoms. The lowest BCUT2D eigenvalue weighted by molar-refractivity contribution is -0.120. The van der Waals surface area contributed by atoms with Gasteiger partial charge >= 0.3 is 0 Å². The summed E-state index contributed by atoms with van der Waals surface area (Å²) in [5.74, 6) is 0.143. The maximum absolute atomic E-state index is 12.3. The molecule has 0 bridgehead atoms. The molecule has 0 spiro atoms. The van der Waals surface area contributed by atoms with E-state index in [0.29, 0.717) is 10.3 Å². The van der Waals surface area contributed by atoms with Gasteiger partial charge in [0.25, 0.3) is 0 Å². The van der Waals surface area contributed by atoms with E-state index in [-0.39, 0.29) is 11.8 Å². The molecule has 0 aliphatic carbocycles. The lowest BCUT2D eigenvalue weighted by Gasteiger charge is -2.22. The van der Waals surface area contributed by atoms with Crippen molar-refractivity contribution in [3.8, 4) is 0 Å². The molecule has 1 aliphatic rings. The maximum Gasteiger partial charge on any atom is 0.228 e. The molecule has 5 heteroatoms. The summed E-state index contributed by atoms with van der Waals surface area (Å²) in [6.45, 7) is 6.04. The zero-order chi connectivity index (χ0) is 14.5. The number of carbonyl (C=O) groups is 1. The van der Waals surface area contributed by atoms with Gasteiger partial charge in [0.2, 0.25) is 5.91 Å². The molecule has 0 saturated carbocycles. The number of anilines is 1. The predicted octanol–water partition coefficient (Wildman–Crippen LogP) is 3.78. The highest BCUT2D eigenvalue weighted by molar-refractivity contribution is 8.00. The van der Waals surface area contributed by atoms with Gasteiger partial charge in [-0.05, 0) is 37.6 Å². The van der Waals surface area contributed by atoms with E-state index in [1.807, 2.05) is 18.2 Å². The third kappa shape index (κ3) is 4.40. The second-order valence-electron chi connectivity index (χ2n) is 5.34. The fourth-order valence-corrected chi connectivity index (χ4v) is 3.33. The molecule has 1 amide bonds. The Hall–Kier alpha value is -0.710. The molecular weight excluding hydrogens is 292 g/mol. The van der Waals surface area contributed by atoms with Crippen LogP contribution in [-0.4, -0.2) is 24.2 Å². The first-order valence-corrected chi connectivity index (χ1v) is 8.30. The van der Waals surface area contributed by atoms with E-state index in [1.165, 1.54) is 0 Å². The van der Waals surface area contributed by atoms with Crippen LogP contribution in [0.1, 0.15) is 26.7 Å². The van der Waals surface area contributed by atoms with Crippen molar-refractivity contribution in [3.63, 3.8) is 0 Å². The summed E-state index contributed by atoms with van der Waals surface area (Å²) in [5.41, 5.74) is 0.826. The molecule has 1 aliphatic heterocycles. The fourth-order valence-electron chi connectivity index (χ4n) is 2.27. The van der Waals surface area contributed by atoms with Gasteiger partial charge in [-0.2, -0.15) is 0 Å². The molecule has 0 aromatic heterocycles. The molecule has 1 aromatic carbocycles. The quantitative estimate of drug-likeness (QED) is 0.831. The minimum absolute atomic E-state index is 0.0552. The average molecular weight is 313 g/mol. The lowest BCUT2D eigenvalue weighted by atomic mass is 9.99. The average Bonchev–Trinajstić information content (AvgIpc) is 2.42. The van der Waals surface area contributed by atoms with Crippen LogP contribution < -0.4 is 10.6 Å². The number of nitrogens with one attached hydrogen (secondary N) is 2. The van der Waals surface area contributed by atoms with Crippen molar-refractivity contribution >= 4 is 35.0 Å². The van der Waals surface area contributed by atoms with E-state index < -0.39 is 0 Å². The largest absolute Gasteiger partial charge is 0.325 e. The first-order chi connectivity index (χ1) is 9.56. The van der Waals surface area contributed by atoms with Gasteiger partial charge in [-0.25, -0.2) is 0 Å². The minimum Gasteiger partial charge on any atom is -0.325 e. The summed E-state index contributed by atoms with van der Waals surface area (Å²) in [5, 5.41) is 7.42. The van der Waals surface area contributed by atoms with Crippen LogP contribution >= 0.6 is 23.4 Å². The summed E-state index contributed by atoms with van der Waals surface area (Å²) in [6, 6.07) is 5.67. The SMILES string of the molecule is CC(C)Sc1ccc(Cl)cc1NC(=O)C1CCCNC1. The van der Waals surface area contributed by atoms with Crippen molar-refractivity contribution in [1.29, 1.82) is 0 Å². The van der Waals surface area contributed by atoms with Crippen LogP contribution in [0.3, 0.4) is 0 Å². The summed E-state index contributed by atoms with van der Waals surface area (Å²) >= 11 is 7.78. The van der Waals surface area contributed by atoms with Crippen molar-refractivity contribution in [2.24, 2.45) is 5.92 Å². The Morgan fingerprint density at radius 1 is 1.50 bits per heavy atom. The highest BCUT2D eigenvalue weighted by Gasteiger charge is 2.21. The molecule has 1 fully saturated rings. The fraction of sp³-hybridized carbons (Fsp3) is 0.533. The van der Waals surface area contributed by atoms with Gasteiger partial charge in [-0.1, -0.05) is 25.4 Å². The standard InChI is InChI=1S/C15H21ClN2OS/c1-10(2)20-14-6-5-12(16)8-13(14)18-15(19)11-4-3-7-17-9-11/h5-6,8,10-11,17H,3-4,7,9H2,1-2H3,(H,18,19). The van der Waals surface area contributed by atoms with E-state index >= 15 is 0 Å². The Kier molecular flexibility index (Phi) is 5.75. The van der Waals surface area contributed by atoms with Crippen LogP contribution in [-0.2, 0) is 4.79 Å². The van der Waals surface area contributed by atoms with E-state index in [0.717, 1.165) is 36.5 Å². The Labute approximate surface area is 129 Å². The zero-order valence-corrected chi connectivity index (χ0v) is 13.5. The number of benzene rings is 1. The smallest absolute Gasteiger partial charge is 0.228 e. The highest BCUT2D eigenvalue weighted by Crippen LogP contribution is 2.33. The molecule has 0 radical (unpaired) electrons. The van der Waals surface area contributed by atoms with Crippen LogP contribution in [0.2, 0.25) is 5.02 Å². The van der Waals surface area contributed by atoms with Crippen molar-refractivity contribution in [2.45, 2.75) is 36.8 Å². The number of piperidine rings is 1. The van der Waals surface area contributed by atoms with E-state index in [2.05, 4.69) is 24.5 Å². The van der Waals surface area contributed by atoms with Crippen molar-refractivity contribution in [2.75, 3.05) is 18.4 Å². The molecule has 1 unspecified atom stereocenters. The molecular formula is C15H21ClN2OS. The molecule has 1 saturated heterocycles. The second kappa shape index (κ2) is 7.34. The number of amides is 1. The molecule has 1 aromatic rings. The van der Waals surface area contributed by atoms with Crippen molar-refractivity contribution < 1.29 is 4.79 Å². The molecule has 110 valence electrons. The van der Waals surface area contributed by atoms with Crippen molar-refractivity contribution in [3.05, 3.63) is 23.2 Å². The topological polar surface area (TPSA) is 41.1 Å². The molecule has 2 N–H and O–H groups in total. The Bertz CT molecular complexity index is 473. The summed E-state index contributed by atoms with van der Waals surface area (Å²) in [4.78, 5) is 13.4.